The molecule has 9 nitrogen and oxygen atoms in total. The normalized spacial score (nSPS) is 18.6. The zero-order valence-corrected chi connectivity index (χ0v) is 20.5. The molecule has 1 heterocycles. The van der Waals surface area contributed by atoms with Crippen LogP contribution in [0.5, 0.6) is 5.75 Å². The summed E-state index contributed by atoms with van der Waals surface area (Å²) in [6, 6.07) is 12.0. The number of nitro benzene ring substituents is 1. The van der Waals surface area contributed by atoms with Crippen LogP contribution in [0.4, 0.5) is 11.4 Å². The van der Waals surface area contributed by atoms with Crippen molar-refractivity contribution in [3.8, 4) is 5.75 Å². The Bertz CT molecular complexity index is 1090. The molecule has 36 heavy (non-hydrogen) atoms. The van der Waals surface area contributed by atoms with Gasteiger partial charge in [-0.3, -0.25) is 19.7 Å². The van der Waals surface area contributed by atoms with Gasteiger partial charge < -0.3 is 20.1 Å². The lowest BCUT2D eigenvalue weighted by molar-refractivity contribution is -0.384. The first kappa shape index (κ1) is 25.6. The van der Waals surface area contributed by atoms with E-state index in [0.717, 1.165) is 30.6 Å². The van der Waals surface area contributed by atoms with Crippen molar-refractivity contribution in [3.05, 3.63) is 63.7 Å². The number of anilines is 1. The summed E-state index contributed by atoms with van der Waals surface area (Å²) in [5, 5.41) is 17.7. The SMILES string of the molecule is CCCCC(CNC(=O)c1cc([N+](=O)[O-])ccc1NC1CCC(=O)CC1)C1OCc2ccccc2O1. The highest BCUT2D eigenvalue weighted by Gasteiger charge is 2.29. The summed E-state index contributed by atoms with van der Waals surface area (Å²) in [7, 11) is 0. The highest BCUT2D eigenvalue weighted by Crippen LogP contribution is 2.30. The van der Waals surface area contributed by atoms with Crippen molar-refractivity contribution < 1.29 is 24.0 Å². The van der Waals surface area contributed by atoms with Gasteiger partial charge in [-0.2, -0.15) is 0 Å². The number of carbonyl (C=O) groups is 2. The first-order chi connectivity index (χ1) is 17.4. The molecular weight excluding hydrogens is 462 g/mol. The maximum atomic E-state index is 13.3. The number of nitrogens with one attached hydrogen (secondary N) is 2. The van der Waals surface area contributed by atoms with Gasteiger partial charge in [0.05, 0.1) is 17.1 Å². The number of para-hydroxylation sites is 1. The van der Waals surface area contributed by atoms with E-state index in [1.807, 2.05) is 24.3 Å². The third-order valence-corrected chi connectivity index (χ3v) is 6.82. The number of rotatable bonds is 10. The lowest BCUT2D eigenvalue weighted by Crippen LogP contribution is -2.40. The highest BCUT2D eigenvalue weighted by atomic mass is 16.7. The van der Waals surface area contributed by atoms with Gasteiger partial charge in [0.25, 0.3) is 11.6 Å². The van der Waals surface area contributed by atoms with Crippen molar-refractivity contribution in [1.29, 1.82) is 0 Å². The van der Waals surface area contributed by atoms with E-state index in [0.29, 0.717) is 44.5 Å². The Morgan fingerprint density at radius 3 is 2.72 bits per heavy atom. The molecule has 9 heteroatoms. The molecule has 0 radical (unpaired) electrons. The Kier molecular flexibility index (Phi) is 8.53. The third kappa shape index (κ3) is 6.40. The second kappa shape index (κ2) is 12.0. The van der Waals surface area contributed by atoms with Gasteiger partial charge in [-0.25, -0.2) is 0 Å². The molecule has 2 aliphatic rings. The quantitative estimate of drug-likeness (QED) is 0.352. The predicted octanol–water partition coefficient (Wildman–Crippen LogP) is 4.99. The number of amides is 1. The van der Waals surface area contributed by atoms with Crippen molar-refractivity contribution in [2.24, 2.45) is 5.92 Å². The lowest BCUT2D eigenvalue weighted by Gasteiger charge is -2.32. The van der Waals surface area contributed by atoms with Gasteiger partial charge in [0.1, 0.15) is 11.5 Å². The van der Waals surface area contributed by atoms with Crippen LogP contribution in [0.1, 0.15) is 67.8 Å². The van der Waals surface area contributed by atoms with Crippen molar-refractivity contribution in [1.82, 2.24) is 5.32 Å². The van der Waals surface area contributed by atoms with Crippen LogP contribution in [0.15, 0.2) is 42.5 Å². The summed E-state index contributed by atoms with van der Waals surface area (Å²) >= 11 is 0. The zero-order valence-electron chi connectivity index (χ0n) is 20.5. The van der Waals surface area contributed by atoms with E-state index in [1.165, 1.54) is 12.1 Å². The molecule has 0 aromatic heterocycles. The minimum Gasteiger partial charge on any atom is -0.464 e. The number of nitro groups is 1. The molecule has 0 saturated heterocycles. The second-order valence-corrected chi connectivity index (χ2v) is 9.46. The monoisotopic (exact) mass is 495 g/mol. The van der Waals surface area contributed by atoms with E-state index in [1.54, 1.807) is 6.07 Å². The number of non-ortho nitro benzene ring substituents is 1. The topological polar surface area (TPSA) is 120 Å². The molecular formula is C27H33N3O6. The largest absolute Gasteiger partial charge is 0.464 e. The van der Waals surface area contributed by atoms with Gasteiger partial charge in [0.15, 0.2) is 0 Å². The van der Waals surface area contributed by atoms with Gasteiger partial charge in [0, 0.05) is 54.7 Å². The number of Topliss-reactive ketones (excluding diaryl/α,β-unsaturated/α-hetero) is 1. The van der Waals surface area contributed by atoms with Crippen LogP contribution in [0.3, 0.4) is 0 Å². The van der Waals surface area contributed by atoms with Gasteiger partial charge in [-0.15, -0.1) is 0 Å². The van der Waals surface area contributed by atoms with Crippen molar-refractivity contribution >= 4 is 23.1 Å². The van der Waals surface area contributed by atoms with Crippen LogP contribution in [0.2, 0.25) is 0 Å². The first-order valence-corrected chi connectivity index (χ1v) is 12.7. The van der Waals surface area contributed by atoms with Gasteiger partial charge in [-0.05, 0) is 31.4 Å². The number of benzene rings is 2. The molecule has 2 N–H and O–H groups in total. The number of hydrogen-bond donors (Lipinski definition) is 2. The Balaban J connectivity index is 1.47. The van der Waals surface area contributed by atoms with Crippen molar-refractivity contribution in [3.63, 3.8) is 0 Å². The molecule has 0 bridgehead atoms. The molecule has 1 aliphatic heterocycles. The molecule has 192 valence electrons. The zero-order chi connectivity index (χ0) is 25.5. The van der Waals surface area contributed by atoms with E-state index in [9.17, 15) is 19.7 Å². The number of ether oxygens (including phenoxy) is 2. The fraction of sp³-hybridized carbons (Fsp3) is 0.481. The Morgan fingerprint density at radius 1 is 1.19 bits per heavy atom. The number of nitrogens with zero attached hydrogens (tertiary/aromatic N) is 1. The average Bonchev–Trinajstić information content (AvgIpc) is 2.89. The molecule has 1 fully saturated rings. The number of ketones is 1. The van der Waals surface area contributed by atoms with E-state index < -0.39 is 17.1 Å². The fourth-order valence-corrected chi connectivity index (χ4v) is 4.68. The Labute approximate surface area is 210 Å². The maximum Gasteiger partial charge on any atom is 0.270 e. The van der Waals surface area contributed by atoms with Crippen LogP contribution in [-0.4, -0.2) is 35.5 Å². The van der Waals surface area contributed by atoms with Crippen LogP contribution >= 0.6 is 0 Å². The average molecular weight is 496 g/mol. The summed E-state index contributed by atoms with van der Waals surface area (Å²) in [5.74, 6) is 0.549. The van der Waals surface area contributed by atoms with Crippen LogP contribution in [-0.2, 0) is 16.1 Å². The smallest absolute Gasteiger partial charge is 0.270 e. The number of carbonyl (C=O) groups excluding carboxylic acids is 2. The van der Waals surface area contributed by atoms with E-state index in [4.69, 9.17) is 9.47 Å². The molecule has 1 aliphatic carbocycles. The highest BCUT2D eigenvalue weighted by molar-refractivity contribution is 6.00. The maximum absolute atomic E-state index is 13.3. The van der Waals surface area contributed by atoms with E-state index >= 15 is 0 Å². The molecule has 2 aromatic rings. The number of unbranched alkanes of at least 4 members (excludes halogenated alkanes) is 1. The third-order valence-electron chi connectivity index (χ3n) is 6.82. The number of hydrogen-bond acceptors (Lipinski definition) is 7. The molecule has 0 spiro atoms. The summed E-state index contributed by atoms with van der Waals surface area (Å²) in [5.41, 5.74) is 1.58. The summed E-state index contributed by atoms with van der Waals surface area (Å²) in [6.45, 7) is 2.86. The Morgan fingerprint density at radius 2 is 1.97 bits per heavy atom. The second-order valence-electron chi connectivity index (χ2n) is 9.46. The van der Waals surface area contributed by atoms with Gasteiger partial charge in [0.2, 0.25) is 6.29 Å². The summed E-state index contributed by atoms with van der Waals surface area (Å²) in [6.07, 6.45) is 4.60. The van der Waals surface area contributed by atoms with E-state index in [-0.39, 0.29) is 29.0 Å². The van der Waals surface area contributed by atoms with Crippen LogP contribution in [0, 0.1) is 16.0 Å². The summed E-state index contributed by atoms with van der Waals surface area (Å²) < 4.78 is 12.1. The molecule has 2 atom stereocenters. The van der Waals surface area contributed by atoms with Gasteiger partial charge >= 0.3 is 0 Å². The first-order valence-electron chi connectivity index (χ1n) is 12.7. The minimum atomic E-state index is -0.509. The standard InChI is InChI=1S/C27H33N3O6/c1-2-3-6-18(27-35-17-19-7-4-5-8-25(19)36-27)16-28-26(32)23-15-21(30(33)34)11-14-24(23)29-20-9-12-22(31)13-10-20/h4-5,7-8,11,14-15,18,20,27,29H,2-3,6,9-10,12-13,16-17H2,1H3,(H,28,32). The summed E-state index contributed by atoms with van der Waals surface area (Å²) in [4.78, 5) is 35.8. The molecule has 4 rings (SSSR count). The molecule has 2 aromatic carbocycles. The van der Waals surface area contributed by atoms with Crippen molar-refractivity contribution in [2.45, 2.75) is 70.8 Å². The molecule has 1 amide bonds. The Hall–Kier alpha value is -3.46. The molecule has 2 unspecified atom stereocenters. The number of fused-ring (bicyclic) bond motifs is 1. The van der Waals surface area contributed by atoms with Gasteiger partial charge in [-0.1, -0.05) is 38.0 Å². The van der Waals surface area contributed by atoms with Crippen LogP contribution < -0.4 is 15.4 Å². The van der Waals surface area contributed by atoms with E-state index in [2.05, 4.69) is 17.6 Å². The fourth-order valence-electron chi connectivity index (χ4n) is 4.68. The predicted molar refractivity (Wildman–Crippen MR) is 135 cm³/mol. The van der Waals surface area contributed by atoms with Crippen LogP contribution in [0.25, 0.3) is 0 Å². The van der Waals surface area contributed by atoms with Crippen molar-refractivity contribution in [2.75, 3.05) is 11.9 Å². The lowest BCUT2D eigenvalue weighted by atomic mass is 9.94. The minimum absolute atomic E-state index is 0.0390. The molecule has 1 saturated carbocycles.